The van der Waals surface area contributed by atoms with Gasteiger partial charge in [0.15, 0.2) is 0 Å². The third-order valence-electron chi connectivity index (χ3n) is 3.74. The van der Waals surface area contributed by atoms with Gasteiger partial charge in [0, 0.05) is 5.56 Å². The van der Waals surface area contributed by atoms with Crippen LogP contribution in [0.1, 0.15) is 0 Å². The molecule has 0 bridgehead atoms. The summed E-state index contributed by atoms with van der Waals surface area (Å²) in [4.78, 5) is 0. The molecule has 0 radical (unpaired) electrons. The highest BCUT2D eigenvalue weighted by Gasteiger charge is 2.14. The maximum Gasteiger partial charge on any atom is 0.0633 e. The Hall–Kier alpha value is -1.98. The summed E-state index contributed by atoms with van der Waals surface area (Å²) in [6.45, 7) is 0. The Morgan fingerprint density at radius 3 is 1.65 bits per heavy atom. The summed E-state index contributed by atoms with van der Waals surface area (Å²) in [6, 6.07) is 19.3. The molecule has 26 heavy (non-hydrogen) atoms. The van der Waals surface area contributed by atoms with Crippen LogP contribution in [0.2, 0.25) is 0 Å². The lowest BCUT2D eigenvalue weighted by molar-refractivity contribution is 1.57. The molecule has 0 saturated carbocycles. The Morgan fingerprint density at radius 1 is 0.500 bits per heavy atom. The number of hydrogen-bond acceptors (Lipinski definition) is 4. The monoisotopic (exact) mass is 434 g/mol. The fourth-order valence-corrected chi connectivity index (χ4v) is 2.54. The molecule has 3 aromatic rings. The van der Waals surface area contributed by atoms with Crippen molar-refractivity contribution in [3.8, 4) is 22.3 Å². The van der Waals surface area contributed by atoms with Gasteiger partial charge in [0.25, 0.3) is 0 Å². The molecule has 8 N–H and O–H groups in total. The van der Waals surface area contributed by atoms with Crippen molar-refractivity contribution < 1.29 is 0 Å². The SMILES string of the molecule is Cl.Cl.Cl.Cl.Nc1ccc(-c2c(-c3ccccc3)ccc(N)c2N)cc1N. The molecule has 0 heterocycles. The molecule has 0 spiro atoms. The lowest BCUT2D eigenvalue weighted by Crippen LogP contribution is -2.00. The summed E-state index contributed by atoms with van der Waals surface area (Å²) >= 11 is 0. The fourth-order valence-electron chi connectivity index (χ4n) is 2.54. The summed E-state index contributed by atoms with van der Waals surface area (Å²) < 4.78 is 0. The van der Waals surface area contributed by atoms with Crippen LogP contribution in [-0.4, -0.2) is 0 Å². The summed E-state index contributed by atoms with van der Waals surface area (Å²) in [5.74, 6) is 0. The zero-order valence-corrected chi connectivity index (χ0v) is 17.0. The zero-order valence-electron chi connectivity index (χ0n) is 13.7. The Kier molecular flexibility index (Phi) is 11.0. The molecule has 0 aliphatic carbocycles. The van der Waals surface area contributed by atoms with Crippen molar-refractivity contribution in [2.45, 2.75) is 0 Å². The van der Waals surface area contributed by atoms with Gasteiger partial charge in [-0.05, 0) is 34.9 Å². The molecule has 142 valence electrons. The molecule has 4 nitrogen and oxygen atoms in total. The summed E-state index contributed by atoms with van der Waals surface area (Å²) in [6.07, 6.45) is 0. The van der Waals surface area contributed by atoms with E-state index in [-0.39, 0.29) is 49.6 Å². The van der Waals surface area contributed by atoms with Crippen molar-refractivity contribution in [2.75, 3.05) is 22.9 Å². The van der Waals surface area contributed by atoms with Crippen molar-refractivity contribution in [2.24, 2.45) is 0 Å². The summed E-state index contributed by atoms with van der Waals surface area (Å²) in [5.41, 5.74) is 30.0. The van der Waals surface area contributed by atoms with Gasteiger partial charge in [0.1, 0.15) is 0 Å². The van der Waals surface area contributed by atoms with Crippen molar-refractivity contribution >= 4 is 72.4 Å². The van der Waals surface area contributed by atoms with E-state index in [2.05, 4.69) is 0 Å². The third-order valence-corrected chi connectivity index (χ3v) is 3.74. The van der Waals surface area contributed by atoms with Crippen LogP contribution in [0.25, 0.3) is 22.3 Å². The molecule has 0 atom stereocenters. The largest absolute Gasteiger partial charge is 0.397 e. The van der Waals surface area contributed by atoms with Gasteiger partial charge in [-0.1, -0.05) is 42.5 Å². The Labute approximate surface area is 178 Å². The Morgan fingerprint density at radius 2 is 1.08 bits per heavy atom. The van der Waals surface area contributed by atoms with E-state index in [1.807, 2.05) is 54.6 Å². The van der Waals surface area contributed by atoms with E-state index >= 15 is 0 Å². The Balaban J connectivity index is 0. The highest BCUT2D eigenvalue weighted by Crippen LogP contribution is 2.40. The fraction of sp³-hybridized carbons (Fsp3) is 0. The topological polar surface area (TPSA) is 104 Å². The molecule has 0 amide bonds. The van der Waals surface area contributed by atoms with Gasteiger partial charge < -0.3 is 22.9 Å². The lowest BCUT2D eigenvalue weighted by atomic mass is 9.92. The highest BCUT2D eigenvalue weighted by atomic mass is 35.5. The van der Waals surface area contributed by atoms with Gasteiger partial charge in [-0.2, -0.15) is 0 Å². The summed E-state index contributed by atoms with van der Waals surface area (Å²) in [7, 11) is 0. The summed E-state index contributed by atoms with van der Waals surface area (Å²) in [5, 5.41) is 0. The number of benzene rings is 3. The van der Waals surface area contributed by atoms with E-state index < -0.39 is 0 Å². The minimum absolute atomic E-state index is 0. The molecule has 8 heteroatoms. The molecule has 0 aromatic heterocycles. The number of anilines is 4. The first-order chi connectivity index (χ1) is 10.6. The molecule has 0 aliphatic rings. The van der Waals surface area contributed by atoms with Crippen LogP contribution in [0.4, 0.5) is 22.7 Å². The minimum atomic E-state index is 0. The number of nitrogen functional groups attached to an aromatic ring is 4. The van der Waals surface area contributed by atoms with E-state index in [1.54, 1.807) is 6.07 Å². The van der Waals surface area contributed by atoms with Gasteiger partial charge in [0.05, 0.1) is 22.7 Å². The van der Waals surface area contributed by atoms with Gasteiger partial charge in [-0.25, -0.2) is 0 Å². The van der Waals surface area contributed by atoms with Crippen molar-refractivity contribution in [3.05, 3.63) is 60.7 Å². The predicted molar refractivity (Wildman–Crippen MR) is 124 cm³/mol. The van der Waals surface area contributed by atoms with Crippen LogP contribution in [0.15, 0.2) is 60.7 Å². The predicted octanol–water partition coefficient (Wildman–Crippen LogP) is 5.04. The number of nitrogens with two attached hydrogens (primary N) is 4. The number of hydrogen-bond donors (Lipinski definition) is 4. The first-order valence-corrected chi connectivity index (χ1v) is 6.96. The first kappa shape index (κ1) is 26.3. The van der Waals surface area contributed by atoms with E-state index in [9.17, 15) is 0 Å². The van der Waals surface area contributed by atoms with Crippen LogP contribution in [0.5, 0.6) is 0 Å². The van der Waals surface area contributed by atoms with Crippen LogP contribution in [0, 0.1) is 0 Å². The molecule has 0 unspecified atom stereocenters. The maximum absolute atomic E-state index is 6.24. The second kappa shape index (κ2) is 10.9. The Bertz CT molecular complexity index is 842. The van der Waals surface area contributed by atoms with Crippen molar-refractivity contribution in [1.82, 2.24) is 0 Å². The average molecular weight is 436 g/mol. The lowest BCUT2D eigenvalue weighted by Gasteiger charge is -2.16. The molecule has 3 aromatic carbocycles. The smallest absolute Gasteiger partial charge is 0.0633 e. The van der Waals surface area contributed by atoms with Crippen molar-refractivity contribution in [3.63, 3.8) is 0 Å². The van der Waals surface area contributed by atoms with Crippen LogP contribution in [0.3, 0.4) is 0 Å². The number of rotatable bonds is 2. The maximum atomic E-state index is 6.24. The van der Waals surface area contributed by atoms with Gasteiger partial charge in [-0.3, -0.25) is 0 Å². The highest BCUT2D eigenvalue weighted by molar-refractivity contribution is 5.96. The van der Waals surface area contributed by atoms with Crippen LogP contribution < -0.4 is 22.9 Å². The molecular formula is C18H22Cl4N4. The third kappa shape index (κ3) is 5.02. The molecule has 0 fully saturated rings. The van der Waals surface area contributed by atoms with E-state index in [1.165, 1.54) is 0 Å². The molecule has 0 aliphatic heterocycles. The second-order valence-corrected chi connectivity index (χ2v) is 5.20. The van der Waals surface area contributed by atoms with Crippen molar-refractivity contribution in [1.29, 1.82) is 0 Å². The first-order valence-electron chi connectivity index (χ1n) is 6.96. The average Bonchev–Trinajstić information content (AvgIpc) is 2.53. The quantitative estimate of drug-likeness (QED) is 0.423. The molecular weight excluding hydrogens is 414 g/mol. The number of halogens is 4. The standard InChI is InChI=1S/C18H18N4.4ClH/c19-14-8-6-12(10-16(14)21)17-13(7-9-15(20)18(17)22)11-4-2-1-3-5-11;;;;/h1-10H,19-22H2;4*1H. The molecule has 0 saturated heterocycles. The van der Waals surface area contributed by atoms with E-state index in [0.717, 1.165) is 22.3 Å². The van der Waals surface area contributed by atoms with Gasteiger partial charge >= 0.3 is 0 Å². The van der Waals surface area contributed by atoms with Gasteiger partial charge in [0.2, 0.25) is 0 Å². The second-order valence-electron chi connectivity index (χ2n) is 5.20. The molecule has 3 rings (SSSR count). The zero-order chi connectivity index (χ0) is 15.7. The van der Waals surface area contributed by atoms with Crippen LogP contribution in [-0.2, 0) is 0 Å². The van der Waals surface area contributed by atoms with E-state index in [0.29, 0.717) is 22.7 Å². The normalized spacial score (nSPS) is 8.92. The van der Waals surface area contributed by atoms with Gasteiger partial charge in [-0.15, -0.1) is 49.6 Å². The van der Waals surface area contributed by atoms with E-state index in [4.69, 9.17) is 22.9 Å². The van der Waals surface area contributed by atoms with Crippen LogP contribution >= 0.6 is 49.6 Å². The minimum Gasteiger partial charge on any atom is -0.397 e.